The molecule has 0 unspecified atom stereocenters. The lowest BCUT2D eigenvalue weighted by Crippen LogP contribution is -2.24. The van der Waals surface area contributed by atoms with Crippen LogP contribution >= 0.6 is 11.3 Å². The quantitative estimate of drug-likeness (QED) is 0.641. The molecular weight excluding hydrogens is 292 g/mol. The minimum atomic E-state index is -0.244. The minimum Gasteiger partial charge on any atom is -0.383 e. The SMILES string of the molecule is COCCNc1nc(N)c(C(=O)NCc2ccnn2C)s1. The van der Waals surface area contributed by atoms with Gasteiger partial charge in [-0.05, 0) is 6.07 Å². The van der Waals surface area contributed by atoms with Gasteiger partial charge >= 0.3 is 0 Å². The number of ether oxygens (including phenoxy) is 1. The van der Waals surface area contributed by atoms with Crippen molar-refractivity contribution in [2.75, 3.05) is 31.3 Å². The highest BCUT2D eigenvalue weighted by molar-refractivity contribution is 7.18. The highest BCUT2D eigenvalue weighted by atomic mass is 32.1. The van der Waals surface area contributed by atoms with Crippen LogP contribution in [0.25, 0.3) is 0 Å². The zero-order valence-electron chi connectivity index (χ0n) is 11.9. The lowest BCUT2D eigenvalue weighted by Gasteiger charge is -2.04. The maximum Gasteiger partial charge on any atom is 0.265 e. The number of nitrogens with one attached hydrogen (secondary N) is 2. The number of hydrogen-bond acceptors (Lipinski definition) is 7. The highest BCUT2D eigenvalue weighted by Gasteiger charge is 2.16. The van der Waals surface area contributed by atoms with E-state index in [2.05, 4.69) is 20.7 Å². The molecule has 8 nitrogen and oxygen atoms in total. The number of carbonyl (C=O) groups is 1. The fourth-order valence-corrected chi connectivity index (χ4v) is 2.48. The molecular formula is C12H18N6O2S. The molecule has 2 aromatic rings. The Morgan fingerprint density at radius 3 is 3.05 bits per heavy atom. The number of methoxy groups -OCH3 is 1. The molecule has 2 heterocycles. The molecule has 114 valence electrons. The lowest BCUT2D eigenvalue weighted by atomic mass is 10.4. The van der Waals surface area contributed by atoms with Crippen molar-refractivity contribution < 1.29 is 9.53 Å². The van der Waals surface area contributed by atoms with Crippen LogP contribution in [0.5, 0.6) is 0 Å². The molecule has 4 N–H and O–H groups in total. The van der Waals surface area contributed by atoms with Gasteiger partial charge in [-0.25, -0.2) is 4.98 Å². The summed E-state index contributed by atoms with van der Waals surface area (Å²) in [5.74, 6) is -0.0200. The van der Waals surface area contributed by atoms with E-state index in [0.29, 0.717) is 29.7 Å². The zero-order valence-corrected chi connectivity index (χ0v) is 12.7. The number of hydrogen-bond donors (Lipinski definition) is 3. The first-order chi connectivity index (χ1) is 10.1. The molecule has 0 aliphatic rings. The summed E-state index contributed by atoms with van der Waals surface area (Å²) in [5, 5.41) is 10.5. The van der Waals surface area contributed by atoms with Crippen LogP contribution < -0.4 is 16.4 Å². The van der Waals surface area contributed by atoms with Crippen LogP contribution in [-0.4, -0.2) is 40.9 Å². The summed E-state index contributed by atoms with van der Waals surface area (Å²) in [6, 6.07) is 1.84. The number of amides is 1. The third kappa shape index (κ3) is 3.92. The molecule has 0 bridgehead atoms. The number of nitrogens with zero attached hydrogens (tertiary/aromatic N) is 3. The van der Waals surface area contributed by atoms with E-state index in [-0.39, 0.29) is 11.7 Å². The Balaban J connectivity index is 1.94. The van der Waals surface area contributed by atoms with E-state index in [4.69, 9.17) is 10.5 Å². The van der Waals surface area contributed by atoms with Gasteiger partial charge in [0.15, 0.2) is 5.13 Å². The van der Waals surface area contributed by atoms with Crippen molar-refractivity contribution in [3.05, 3.63) is 22.8 Å². The van der Waals surface area contributed by atoms with Crippen LogP contribution in [0.15, 0.2) is 12.3 Å². The Morgan fingerprint density at radius 1 is 1.57 bits per heavy atom. The predicted octanol–water partition coefficient (Wildman–Crippen LogP) is 0.447. The number of aryl methyl sites for hydroxylation is 1. The number of carbonyl (C=O) groups excluding carboxylic acids is 1. The maximum atomic E-state index is 12.1. The normalized spacial score (nSPS) is 10.6. The summed E-state index contributed by atoms with van der Waals surface area (Å²) in [6.07, 6.45) is 1.68. The summed E-state index contributed by atoms with van der Waals surface area (Å²) in [5.41, 5.74) is 6.68. The third-order valence-corrected chi connectivity index (χ3v) is 3.82. The number of thiazole rings is 1. The van der Waals surface area contributed by atoms with Crippen LogP contribution in [0.1, 0.15) is 15.4 Å². The van der Waals surface area contributed by atoms with Crippen molar-refractivity contribution in [1.82, 2.24) is 20.1 Å². The van der Waals surface area contributed by atoms with Gasteiger partial charge in [0.25, 0.3) is 5.91 Å². The Labute approximate surface area is 126 Å². The molecule has 0 saturated carbocycles. The van der Waals surface area contributed by atoms with Gasteiger partial charge in [0.2, 0.25) is 0 Å². The number of anilines is 2. The largest absolute Gasteiger partial charge is 0.383 e. The summed E-state index contributed by atoms with van der Waals surface area (Å²) in [7, 11) is 3.44. The molecule has 0 aromatic carbocycles. The number of nitrogens with two attached hydrogens (primary N) is 1. The molecule has 0 aliphatic carbocycles. The van der Waals surface area contributed by atoms with Crippen molar-refractivity contribution in [3.8, 4) is 0 Å². The van der Waals surface area contributed by atoms with Gasteiger partial charge in [-0.2, -0.15) is 5.10 Å². The summed E-state index contributed by atoms with van der Waals surface area (Å²) in [4.78, 5) is 16.6. The van der Waals surface area contributed by atoms with Crippen LogP contribution in [0, 0.1) is 0 Å². The summed E-state index contributed by atoms with van der Waals surface area (Å²) in [6.45, 7) is 1.56. The average Bonchev–Trinajstić information content (AvgIpc) is 3.03. The molecule has 0 spiro atoms. The first kappa shape index (κ1) is 15.3. The standard InChI is InChI=1S/C12H18N6O2S/c1-18-8(3-4-16-18)7-15-11(19)9-10(13)17-12(21-9)14-5-6-20-2/h3-4H,5-7,13H2,1-2H3,(H,14,17)(H,15,19). The van der Waals surface area contributed by atoms with Crippen LogP contribution in [-0.2, 0) is 18.3 Å². The second kappa shape index (κ2) is 7.04. The average molecular weight is 310 g/mol. The first-order valence-electron chi connectivity index (χ1n) is 6.36. The molecule has 1 amide bonds. The number of nitrogen functional groups attached to an aromatic ring is 1. The Bertz CT molecular complexity index is 609. The predicted molar refractivity (Wildman–Crippen MR) is 81.3 cm³/mol. The highest BCUT2D eigenvalue weighted by Crippen LogP contribution is 2.24. The number of rotatable bonds is 7. The van der Waals surface area contributed by atoms with E-state index in [1.165, 1.54) is 11.3 Å². The molecule has 0 fully saturated rings. The van der Waals surface area contributed by atoms with Gasteiger partial charge < -0.3 is 21.1 Å². The number of aromatic nitrogens is 3. The molecule has 2 rings (SSSR count). The molecule has 0 atom stereocenters. The van der Waals surface area contributed by atoms with Crippen molar-refractivity contribution in [2.45, 2.75) is 6.54 Å². The maximum absolute atomic E-state index is 12.1. The van der Waals surface area contributed by atoms with E-state index >= 15 is 0 Å². The topological polar surface area (TPSA) is 107 Å². The van der Waals surface area contributed by atoms with Gasteiger partial charge in [-0.3, -0.25) is 9.48 Å². The molecule has 21 heavy (non-hydrogen) atoms. The summed E-state index contributed by atoms with van der Waals surface area (Å²) >= 11 is 1.22. The van der Waals surface area contributed by atoms with E-state index < -0.39 is 0 Å². The van der Waals surface area contributed by atoms with Gasteiger partial charge in [-0.1, -0.05) is 11.3 Å². The monoisotopic (exact) mass is 310 g/mol. The van der Waals surface area contributed by atoms with Crippen molar-refractivity contribution in [1.29, 1.82) is 0 Å². The smallest absolute Gasteiger partial charge is 0.265 e. The Morgan fingerprint density at radius 2 is 2.38 bits per heavy atom. The van der Waals surface area contributed by atoms with E-state index in [9.17, 15) is 4.79 Å². The Hall–Kier alpha value is -2.13. The van der Waals surface area contributed by atoms with Gasteiger partial charge in [-0.15, -0.1) is 0 Å². The lowest BCUT2D eigenvalue weighted by molar-refractivity contribution is 0.0955. The fraction of sp³-hybridized carbons (Fsp3) is 0.417. The van der Waals surface area contributed by atoms with Gasteiger partial charge in [0.1, 0.15) is 10.7 Å². The van der Waals surface area contributed by atoms with Gasteiger partial charge in [0.05, 0.1) is 18.8 Å². The van der Waals surface area contributed by atoms with E-state index in [0.717, 1.165) is 5.69 Å². The molecule has 0 radical (unpaired) electrons. The minimum absolute atomic E-state index is 0.224. The van der Waals surface area contributed by atoms with E-state index in [1.807, 2.05) is 13.1 Å². The first-order valence-corrected chi connectivity index (χ1v) is 7.17. The van der Waals surface area contributed by atoms with Crippen LogP contribution in [0.2, 0.25) is 0 Å². The molecule has 0 aliphatic heterocycles. The van der Waals surface area contributed by atoms with Crippen LogP contribution in [0.4, 0.5) is 10.9 Å². The van der Waals surface area contributed by atoms with Crippen LogP contribution in [0.3, 0.4) is 0 Å². The van der Waals surface area contributed by atoms with E-state index in [1.54, 1.807) is 18.0 Å². The van der Waals surface area contributed by atoms with Crippen molar-refractivity contribution in [2.24, 2.45) is 7.05 Å². The third-order valence-electron chi connectivity index (χ3n) is 2.79. The zero-order chi connectivity index (χ0) is 15.2. The second-order valence-corrected chi connectivity index (χ2v) is 5.28. The van der Waals surface area contributed by atoms with Crippen molar-refractivity contribution >= 4 is 28.2 Å². The summed E-state index contributed by atoms with van der Waals surface area (Å²) < 4.78 is 6.64. The fourth-order valence-electron chi connectivity index (χ4n) is 1.66. The Kier molecular flexibility index (Phi) is 5.12. The molecule has 0 saturated heterocycles. The second-order valence-electron chi connectivity index (χ2n) is 4.28. The molecule has 2 aromatic heterocycles. The van der Waals surface area contributed by atoms with Gasteiger partial charge in [0, 0.05) is 26.9 Å². The van der Waals surface area contributed by atoms with Crippen molar-refractivity contribution in [3.63, 3.8) is 0 Å². The molecule has 9 heteroatoms.